The van der Waals surface area contributed by atoms with Gasteiger partial charge >= 0.3 is 0 Å². The summed E-state index contributed by atoms with van der Waals surface area (Å²) in [5.41, 5.74) is 4.04. The van der Waals surface area contributed by atoms with Crippen LogP contribution in [0.2, 0.25) is 5.02 Å². The first-order chi connectivity index (χ1) is 10.2. The predicted molar refractivity (Wildman–Crippen MR) is 87.1 cm³/mol. The Kier molecular flexibility index (Phi) is 4.18. The molecule has 2 atom stereocenters. The fourth-order valence-electron chi connectivity index (χ4n) is 3.05. The second-order valence-electron chi connectivity index (χ2n) is 5.60. The van der Waals surface area contributed by atoms with Gasteiger partial charge in [0, 0.05) is 17.1 Å². The Labute approximate surface area is 131 Å². The molecule has 0 spiro atoms. The van der Waals surface area contributed by atoms with Gasteiger partial charge in [0.25, 0.3) is 0 Å². The van der Waals surface area contributed by atoms with Gasteiger partial charge in [-0.2, -0.15) is 0 Å². The van der Waals surface area contributed by atoms with Crippen molar-refractivity contribution in [3.05, 3.63) is 64.2 Å². The summed E-state index contributed by atoms with van der Waals surface area (Å²) in [6, 6.07) is 15.2. The van der Waals surface area contributed by atoms with Crippen LogP contribution in [0.5, 0.6) is 5.75 Å². The number of ether oxygens (including phenoxy) is 1. The van der Waals surface area contributed by atoms with Crippen LogP contribution < -0.4 is 10.1 Å². The van der Waals surface area contributed by atoms with Crippen LogP contribution >= 0.6 is 11.6 Å². The minimum absolute atomic E-state index is 0.308. The molecule has 3 rings (SSSR count). The molecular formula is C18H20ClNO. The third-order valence-corrected chi connectivity index (χ3v) is 4.48. The Morgan fingerprint density at radius 3 is 2.67 bits per heavy atom. The molecule has 2 unspecified atom stereocenters. The third-order valence-electron chi connectivity index (χ3n) is 4.25. The largest absolute Gasteiger partial charge is 0.497 e. The molecule has 0 fully saturated rings. The van der Waals surface area contributed by atoms with E-state index in [4.69, 9.17) is 16.3 Å². The van der Waals surface area contributed by atoms with E-state index in [9.17, 15) is 0 Å². The first-order valence-electron chi connectivity index (χ1n) is 7.35. The molecule has 0 bridgehead atoms. The topological polar surface area (TPSA) is 21.3 Å². The highest BCUT2D eigenvalue weighted by atomic mass is 35.5. The molecule has 0 amide bonds. The van der Waals surface area contributed by atoms with E-state index in [0.717, 1.165) is 23.6 Å². The second kappa shape index (κ2) is 6.08. The number of hydrogen-bond acceptors (Lipinski definition) is 2. The van der Waals surface area contributed by atoms with Crippen LogP contribution in [0, 0.1) is 0 Å². The number of hydrogen-bond donors (Lipinski definition) is 1. The molecule has 1 N–H and O–H groups in total. The number of benzene rings is 2. The van der Waals surface area contributed by atoms with Crippen molar-refractivity contribution in [2.24, 2.45) is 0 Å². The van der Waals surface area contributed by atoms with Crippen LogP contribution in [0.4, 0.5) is 0 Å². The molecule has 0 heterocycles. The van der Waals surface area contributed by atoms with Crippen LogP contribution in [0.1, 0.15) is 42.1 Å². The lowest BCUT2D eigenvalue weighted by atomic mass is 10.0. The fourth-order valence-corrected chi connectivity index (χ4v) is 3.24. The highest BCUT2D eigenvalue weighted by molar-refractivity contribution is 6.30. The Morgan fingerprint density at radius 1 is 1.19 bits per heavy atom. The molecular weight excluding hydrogens is 282 g/mol. The summed E-state index contributed by atoms with van der Waals surface area (Å²) in [7, 11) is 1.69. The number of fused-ring (bicyclic) bond motifs is 1. The highest BCUT2D eigenvalue weighted by Gasteiger charge is 2.23. The highest BCUT2D eigenvalue weighted by Crippen LogP contribution is 2.34. The van der Waals surface area contributed by atoms with E-state index in [1.807, 2.05) is 18.2 Å². The number of halogens is 1. The predicted octanol–water partition coefficient (Wildman–Crippen LogP) is 4.69. The molecule has 110 valence electrons. The third kappa shape index (κ3) is 3.07. The lowest BCUT2D eigenvalue weighted by molar-refractivity contribution is 0.414. The van der Waals surface area contributed by atoms with Gasteiger partial charge in [-0.3, -0.25) is 0 Å². The Morgan fingerprint density at radius 2 is 1.95 bits per heavy atom. The van der Waals surface area contributed by atoms with E-state index in [2.05, 4.69) is 36.5 Å². The van der Waals surface area contributed by atoms with Crippen LogP contribution in [-0.2, 0) is 6.42 Å². The lowest BCUT2D eigenvalue weighted by Gasteiger charge is -2.21. The SMILES string of the molecule is COc1ccc(C(C)NC2CCc3cc(Cl)ccc32)cc1. The molecule has 0 aromatic heterocycles. The molecule has 0 radical (unpaired) electrons. The Balaban J connectivity index is 1.72. The zero-order valence-electron chi connectivity index (χ0n) is 12.4. The monoisotopic (exact) mass is 301 g/mol. The Bertz CT molecular complexity index is 624. The summed E-state index contributed by atoms with van der Waals surface area (Å²) in [5.74, 6) is 0.895. The summed E-state index contributed by atoms with van der Waals surface area (Å²) in [5, 5.41) is 4.56. The normalized spacial score (nSPS) is 18.3. The summed E-state index contributed by atoms with van der Waals surface area (Å²) < 4.78 is 5.21. The van der Waals surface area contributed by atoms with Crippen molar-refractivity contribution in [1.82, 2.24) is 5.32 Å². The molecule has 1 aliphatic carbocycles. The molecule has 2 aromatic carbocycles. The molecule has 0 saturated carbocycles. The van der Waals surface area contributed by atoms with Crippen LogP contribution in [0.15, 0.2) is 42.5 Å². The number of methoxy groups -OCH3 is 1. The van der Waals surface area contributed by atoms with Crippen molar-refractivity contribution < 1.29 is 4.74 Å². The van der Waals surface area contributed by atoms with Gasteiger partial charge in [0.15, 0.2) is 0 Å². The van der Waals surface area contributed by atoms with Crippen molar-refractivity contribution in [1.29, 1.82) is 0 Å². The standard InChI is InChI=1S/C18H20ClNO/c1-12(13-3-7-16(21-2)8-4-13)20-18-10-5-14-11-15(19)6-9-17(14)18/h3-4,6-9,11-12,18,20H,5,10H2,1-2H3. The van der Waals surface area contributed by atoms with Gasteiger partial charge in [0.05, 0.1) is 7.11 Å². The molecule has 2 nitrogen and oxygen atoms in total. The maximum absolute atomic E-state index is 6.07. The van der Waals surface area contributed by atoms with Crippen LogP contribution in [-0.4, -0.2) is 7.11 Å². The molecule has 1 aliphatic rings. The zero-order chi connectivity index (χ0) is 14.8. The smallest absolute Gasteiger partial charge is 0.118 e. The minimum atomic E-state index is 0.308. The van der Waals surface area contributed by atoms with Crippen molar-refractivity contribution in [2.75, 3.05) is 7.11 Å². The number of rotatable bonds is 4. The van der Waals surface area contributed by atoms with E-state index in [1.165, 1.54) is 16.7 Å². The van der Waals surface area contributed by atoms with Crippen LogP contribution in [0.3, 0.4) is 0 Å². The average Bonchev–Trinajstić information content (AvgIpc) is 2.89. The zero-order valence-corrected chi connectivity index (χ0v) is 13.2. The van der Waals surface area contributed by atoms with Crippen molar-refractivity contribution in [3.8, 4) is 5.75 Å². The van der Waals surface area contributed by atoms with E-state index in [0.29, 0.717) is 12.1 Å². The molecule has 2 aromatic rings. The number of aryl methyl sites for hydroxylation is 1. The van der Waals surface area contributed by atoms with Gasteiger partial charge in [-0.15, -0.1) is 0 Å². The second-order valence-corrected chi connectivity index (χ2v) is 6.03. The van der Waals surface area contributed by atoms with Gasteiger partial charge in [0.2, 0.25) is 0 Å². The molecule has 0 aliphatic heterocycles. The molecule has 0 saturated heterocycles. The van der Waals surface area contributed by atoms with Crippen LogP contribution in [0.25, 0.3) is 0 Å². The first kappa shape index (κ1) is 14.4. The van der Waals surface area contributed by atoms with Gasteiger partial charge in [-0.1, -0.05) is 29.8 Å². The quantitative estimate of drug-likeness (QED) is 0.885. The van der Waals surface area contributed by atoms with Crippen molar-refractivity contribution >= 4 is 11.6 Å². The van der Waals surface area contributed by atoms with Crippen molar-refractivity contribution in [3.63, 3.8) is 0 Å². The molecule has 21 heavy (non-hydrogen) atoms. The Hall–Kier alpha value is -1.51. The van der Waals surface area contributed by atoms with E-state index >= 15 is 0 Å². The maximum Gasteiger partial charge on any atom is 0.118 e. The van der Waals surface area contributed by atoms with Crippen molar-refractivity contribution in [2.45, 2.75) is 31.8 Å². The summed E-state index contributed by atoms with van der Waals surface area (Å²) in [6.07, 6.45) is 2.24. The van der Waals surface area contributed by atoms with E-state index < -0.39 is 0 Å². The fraction of sp³-hybridized carbons (Fsp3) is 0.333. The summed E-state index contributed by atoms with van der Waals surface area (Å²) in [6.45, 7) is 2.20. The minimum Gasteiger partial charge on any atom is -0.497 e. The maximum atomic E-state index is 6.07. The summed E-state index contributed by atoms with van der Waals surface area (Å²) in [4.78, 5) is 0. The van der Waals surface area contributed by atoms with E-state index in [-0.39, 0.29) is 0 Å². The van der Waals surface area contributed by atoms with Gasteiger partial charge < -0.3 is 10.1 Å². The first-order valence-corrected chi connectivity index (χ1v) is 7.73. The van der Waals surface area contributed by atoms with Gasteiger partial charge in [-0.25, -0.2) is 0 Å². The summed E-state index contributed by atoms with van der Waals surface area (Å²) >= 11 is 6.07. The van der Waals surface area contributed by atoms with E-state index in [1.54, 1.807) is 7.11 Å². The number of nitrogens with one attached hydrogen (secondary N) is 1. The molecule has 3 heteroatoms. The average molecular weight is 302 g/mol. The van der Waals surface area contributed by atoms with Gasteiger partial charge in [0.1, 0.15) is 5.75 Å². The van der Waals surface area contributed by atoms with Gasteiger partial charge in [-0.05, 0) is 60.7 Å². The lowest BCUT2D eigenvalue weighted by Crippen LogP contribution is -2.22.